The summed E-state index contributed by atoms with van der Waals surface area (Å²) in [5, 5.41) is 4.31. The van der Waals surface area contributed by atoms with Gasteiger partial charge in [0.05, 0.1) is 16.8 Å². The van der Waals surface area contributed by atoms with Crippen molar-refractivity contribution in [3.05, 3.63) is 17.5 Å². The minimum Gasteiger partial charge on any atom is -0.335 e. The maximum absolute atomic E-state index is 12.4. The lowest BCUT2D eigenvalue weighted by molar-refractivity contribution is 0.0349. The predicted molar refractivity (Wildman–Crippen MR) is 68.1 cm³/mol. The molecule has 5 nitrogen and oxygen atoms in total. The number of carbonyl (C=O) groups is 1. The van der Waals surface area contributed by atoms with Gasteiger partial charge in [0.1, 0.15) is 0 Å². The molecule has 3 rings (SSSR count). The van der Waals surface area contributed by atoms with E-state index >= 15 is 0 Å². The molecular weight excluding hydrogens is 228 g/mol. The third kappa shape index (κ3) is 1.73. The Kier molecular flexibility index (Phi) is 2.48. The van der Waals surface area contributed by atoms with Crippen LogP contribution in [-0.4, -0.2) is 39.2 Å². The SMILES string of the molecule is CCc1nn(C)cc1C(=O)N1CC(N)(C2CC2)C1. The molecule has 2 N–H and O–H groups in total. The summed E-state index contributed by atoms with van der Waals surface area (Å²) in [6.07, 6.45) is 5.05. The average Bonchev–Trinajstić information content (AvgIpc) is 3.08. The number of hydrogen-bond acceptors (Lipinski definition) is 3. The van der Waals surface area contributed by atoms with Gasteiger partial charge in [0.2, 0.25) is 0 Å². The minimum atomic E-state index is -0.107. The highest BCUT2D eigenvalue weighted by Gasteiger charge is 2.51. The third-order valence-corrected chi connectivity index (χ3v) is 4.12. The van der Waals surface area contributed by atoms with Gasteiger partial charge in [-0.25, -0.2) is 0 Å². The number of amides is 1. The molecular formula is C13H20N4O. The first kappa shape index (κ1) is 11.7. The summed E-state index contributed by atoms with van der Waals surface area (Å²) in [7, 11) is 1.85. The van der Waals surface area contributed by atoms with Crippen LogP contribution in [0.5, 0.6) is 0 Å². The van der Waals surface area contributed by atoms with E-state index in [2.05, 4.69) is 5.10 Å². The lowest BCUT2D eigenvalue weighted by Gasteiger charge is -2.48. The van der Waals surface area contributed by atoms with Crippen molar-refractivity contribution in [1.29, 1.82) is 0 Å². The summed E-state index contributed by atoms with van der Waals surface area (Å²) in [4.78, 5) is 14.2. The number of carbonyl (C=O) groups excluding carboxylic acids is 1. The molecule has 2 heterocycles. The van der Waals surface area contributed by atoms with E-state index in [1.807, 2.05) is 25.1 Å². The second-order valence-corrected chi connectivity index (χ2v) is 5.69. The second kappa shape index (κ2) is 3.82. The molecule has 2 aliphatic rings. The van der Waals surface area contributed by atoms with Crippen molar-refractivity contribution in [1.82, 2.24) is 14.7 Å². The molecule has 0 atom stereocenters. The Balaban J connectivity index is 1.72. The Morgan fingerprint density at radius 1 is 1.56 bits per heavy atom. The van der Waals surface area contributed by atoms with Crippen molar-refractivity contribution in [3.8, 4) is 0 Å². The first-order valence-electron chi connectivity index (χ1n) is 6.64. The molecule has 18 heavy (non-hydrogen) atoms. The van der Waals surface area contributed by atoms with Crippen molar-refractivity contribution in [2.24, 2.45) is 18.7 Å². The first-order valence-corrected chi connectivity index (χ1v) is 6.64. The van der Waals surface area contributed by atoms with Crippen LogP contribution in [0.15, 0.2) is 6.20 Å². The topological polar surface area (TPSA) is 64.2 Å². The second-order valence-electron chi connectivity index (χ2n) is 5.69. The maximum atomic E-state index is 12.4. The molecule has 98 valence electrons. The molecule has 1 saturated heterocycles. The highest BCUT2D eigenvalue weighted by Crippen LogP contribution is 2.43. The predicted octanol–water partition coefficient (Wildman–Crippen LogP) is 0.546. The van der Waals surface area contributed by atoms with E-state index in [-0.39, 0.29) is 11.4 Å². The molecule has 0 radical (unpaired) electrons. The van der Waals surface area contributed by atoms with E-state index in [1.54, 1.807) is 4.68 Å². The smallest absolute Gasteiger partial charge is 0.257 e. The average molecular weight is 248 g/mol. The lowest BCUT2D eigenvalue weighted by atomic mass is 9.85. The number of nitrogens with two attached hydrogens (primary N) is 1. The van der Waals surface area contributed by atoms with Crippen molar-refractivity contribution in [2.75, 3.05) is 13.1 Å². The molecule has 1 aromatic rings. The summed E-state index contributed by atoms with van der Waals surface area (Å²) in [6.45, 7) is 3.43. The van der Waals surface area contributed by atoms with Gasteiger partial charge in [-0.2, -0.15) is 5.10 Å². The molecule has 0 bridgehead atoms. The van der Waals surface area contributed by atoms with E-state index in [0.717, 1.165) is 17.7 Å². The van der Waals surface area contributed by atoms with Gasteiger partial charge in [0.15, 0.2) is 0 Å². The van der Waals surface area contributed by atoms with Crippen LogP contribution in [-0.2, 0) is 13.5 Å². The molecule has 1 aromatic heterocycles. The van der Waals surface area contributed by atoms with E-state index in [0.29, 0.717) is 19.0 Å². The number of rotatable bonds is 3. The summed E-state index contributed by atoms with van der Waals surface area (Å²) >= 11 is 0. The quantitative estimate of drug-likeness (QED) is 0.849. The van der Waals surface area contributed by atoms with Crippen LogP contribution in [0.3, 0.4) is 0 Å². The molecule has 2 fully saturated rings. The molecule has 0 unspecified atom stereocenters. The van der Waals surface area contributed by atoms with E-state index in [9.17, 15) is 4.79 Å². The Hall–Kier alpha value is -1.36. The summed E-state index contributed by atoms with van der Waals surface area (Å²) in [5.41, 5.74) is 7.78. The third-order valence-electron chi connectivity index (χ3n) is 4.12. The Labute approximate surface area is 107 Å². The summed E-state index contributed by atoms with van der Waals surface area (Å²) < 4.78 is 1.71. The normalized spacial score (nSPS) is 21.8. The number of aromatic nitrogens is 2. The molecule has 0 aromatic carbocycles. The molecule has 5 heteroatoms. The monoisotopic (exact) mass is 248 g/mol. The molecule has 1 saturated carbocycles. The van der Waals surface area contributed by atoms with Gasteiger partial charge in [0.25, 0.3) is 5.91 Å². The Morgan fingerprint density at radius 2 is 2.22 bits per heavy atom. The number of nitrogens with zero attached hydrogens (tertiary/aromatic N) is 3. The number of likely N-dealkylation sites (tertiary alicyclic amines) is 1. The summed E-state index contributed by atoms with van der Waals surface area (Å²) in [5.74, 6) is 0.725. The standard InChI is InChI=1S/C13H20N4O/c1-3-11-10(6-16(2)15-11)12(18)17-7-13(14,8-17)9-4-5-9/h6,9H,3-5,7-8,14H2,1-2H3. The van der Waals surface area contributed by atoms with E-state index in [1.165, 1.54) is 12.8 Å². The van der Waals surface area contributed by atoms with Gasteiger partial charge in [-0.3, -0.25) is 9.48 Å². The summed E-state index contributed by atoms with van der Waals surface area (Å²) in [6, 6.07) is 0. The fourth-order valence-corrected chi connectivity index (χ4v) is 2.87. The van der Waals surface area contributed by atoms with Crippen molar-refractivity contribution < 1.29 is 4.79 Å². The zero-order chi connectivity index (χ0) is 12.9. The van der Waals surface area contributed by atoms with Crippen molar-refractivity contribution in [2.45, 2.75) is 31.7 Å². The number of hydrogen-bond donors (Lipinski definition) is 1. The van der Waals surface area contributed by atoms with Crippen LogP contribution in [0.25, 0.3) is 0 Å². The molecule has 1 aliphatic carbocycles. The van der Waals surface area contributed by atoms with Gasteiger partial charge in [0, 0.05) is 26.3 Å². The Morgan fingerprint density at radius 3 is 2.78 bits per heavy atom. The zero-order valence-electron chi connectivity index (χ0n) is 11.0. The molecule has 0 spiro atoms. The van der Waals surface area contributed by atoms with Crippen LogP contribution in [0.1, 0.15) is 35.8 Å². The largest absolute Gasteiger partial charge is 0.335 e. The van der Waals surface area contributed by atoms with Crippen LogP contribution in [0.4, 0.5) is 0 Å². The first-order chi connectivity index (χ1) is 8.53. The van der Waals surface area contributed by atoms with E-state index < -0.39 is 0 Å². The Bertz CT molecular complexity index is 483. The molecule has 1 amide bonds. The van der Waals surface area contributed by atoms with Crippen molar-refractivity contribution in [3.63, 3.8) is 0 Å². The van der Waals surface area contributed by atoms with Crippen LogP contribution in [0.2, 0.25) is 0 Å². The zero-order valence-corrected chi connectivity index (χ0v) is 11.0. The van der Waals surface area contributed by atoms with E-state index in [4.69, 9.17) is 5.73 Å². The minimum absolute atomic E-state index is 0.0849. The van der Waals surface area contributed by atoms with Gasteiger partial charge in [-0.15, -0.1) is 0 Å². The fourth-order valence-electron chi connectivity index (χ4n) is 2.87. The van der Waals surface area contributed by atoms with Gasteiger partial charge >= 0.3 is 0 Å². The fraction of sp³-hybridized carbons (Fsp3) is 0.692. The molecule has 1 aliphatic heterocycles. The van der Waals surface area contributed by atoms with Gasteiger partial charge in [-0.05, 0) is 25.2 Å². The van der Waals surface area contributed by atoms with Crippen LogP contribution < -0.4 is 5.73 Å². The van der Waals surface area contributed by atoms with Crippen molar-refractivity contribution >= 4 is 5.91 Å². The number of aryl methyl sites for hydroxylation is 2. The highest BCUT2D eigenvalue weighted by atomic mass is 16.2. The van der Waals surface area contributed by atoms with Gasteiger partial charge in [-0.1, -0.05) is 6.92 Å². The maximum Gasteiger partial charge on any atom is 0.257 e. The van der Waals surface area contributed by atoms with Gasteiger partial charge < -0.3 is 10.6 Å². The van der Waals surface area contributed by atoms with Crippen LogP contribution in [0, 0.1) is 5.92 Å². The van der Waals surface area contributed by atoms with Crippen LogP contribution >= 0.6 is 0 Å². The lowest BCUT2D eigenvalue weighted by Crippen LogP contribution is -2.69. The highest BCUT2D eigenvalue weighted by molar-refractivity contribution is 5.95.